The second-order valence-electron chi connectivity index (χ2n) is 3.03. The second-order valence-corrected chi connectivity index (χ2v) is 4.19. The van der Waals surface area contributed by atoms with Crippen LogP contribution < -0.4 is 5.56 Å². The molecule has 0 aliphatic heterocycles. The molecule has 0 atom stereocenters. The molecular formula is C10H5Cl3N2O. The predicted molar refractivity (Wildman–Crippen MR) is 65.3 cm³/mol. The fourth-order valence-electron chi connectivity index (χ4n) is 1.22. The number of aromatic amines is 1. The summed E-state index contributed by atoms with van der Waals surface area (Å²) in [6, 6.07) is 6.24. The van der Waals surface area contributed by atoms with Gasteiger partial charge in [0.1, 0.15) is 0 Å². The van der Waals surface area contributed by atoms with Crippen molar-refractivity contribution in [3.8, 4) is 11.3 Å². The van der Waals surface area contributed by atoms with Crippen LogP contribution in [0.3, 0.4) is 0 Å². The van der Waals surface area contributed by atoms with Gasteiger partial charge in [0.15, 0.2) is 0 Å². The largest absolute Gasteiger partial charge is 0.268 e. The molecule has 16 heavy (non-hydrogen) atoms. The van der Waals surface area contributed by atoms with E-state index in [0.717, 1.165) is 0 Å². The summed E-state index contributed by atoms with van der Waals surface area (Å²) < 4.78 is 0. The number of H-pyrrole nitrogens is 1. The molecule has 0 spiro atoms. The molecule has 1 heterocycles. The van der Waals surface area contributed by atoms with Gasteiger partial charge in [-0.25, -0.2) is 5.10 Å². The summed E-state index contributed by atoms with van der Waals surface area (Å²) in [7, 11) is 0. The van der Waals surface area contributed by atoms with Crippen LogP contribution in [0.15, 0.2) is 29.1 Å². The third kappa shape index (κ3) is 2.07. The Balaban J connectivity index is 2.61. The molecule has 2 aromatic rings. The van der Waals surface area contributed by atoms with E-state index in [1.165, 1.54) is 6.07 Å². The minimum Gasteiger partial charge on any atom is -0.268 e. The number of nitrogens with zero attached hydrogens (tertiary/aromatic N) is 1. The van der Waals surface area contributed by atoms with E-state index in [2.05, 4.69) is 10.2 Å². The summed E-state index contributed by atoms with van der Waals surface area (Å²) in [5.74, 6) is 0. The molecule has 0 aliphatic rings. The maximum atomic E-state index is 10.9. The molecule has 0 saturated heterocycles. The maximum absolute atomic E-state index is 10.9. The van der Waals surface area contributed by atoms with Gasteiger partial charge in [-0.3, -0.25) is 4.79 Å². The van der Waals surface area contributed by atoms with Crippen molar-refractivity contribution in [1.82, 2.24) is 10.2 Å². The Morgan fingerprint density at radius 2 is 1.75 bits per heavy atom. The van der Waals surface area contributed by atoms with Crippen molar-refractivity contribution in [2.75, 3.05) is 0 Å². The number of benzene rings is 1. The van der Waals surface area contributed by atoms with Gasteiger partial charge in [-0.2, -0.15) is 5.10 Å². The molecule has 1 aromatic carbocycles. The van der Waals surface area contributed by atoms with Gasteiger partial charge in [0, 0.05) is 11.6 Å². The van der Waals surface area contributed by atoms with Gasteiger partial charge in [0.05, 0.1) is 20.8 Å². The normalized spacial score (nSPS) is 10.4. The number of aromatic nitrogens is 2. The zero-order valence-corrected chi connectivity index (χ0v) is 10.1. The Morgan fingerprint density at radius 1 is 1.00 bits per heavy atom. The zero-order valence-electron chi connectivity index (χ0n) is 7.80. The molecule has 82 valence electrons. The van der Waals surface area contributed by atoms with Gasteiger partial charge in [0.2, 0.25) is 0 Å². The van der Waals surface area contributed by atoms with Crippen LogP contribution >= 0.6 is 34.8 Å². The molecular weight excluding hydrogens is 270 g/mol. The minimum absolute atomic E-state index is 0.272. The summed E-state index contributed by atoms with van der Waals surface area (Å²) in [6.45, 7) is 0. The Labute approximate surface area is 106 Å². The van der Waals surface area contributed by atoms with E-state index < -0.39 is 0 Å². The van der Waals surface area contributed by atoms with E-state index in [1.54, 1.807) is 18.2 Å². The van der Waals surface area contributed by atoms with E-state index >= 15 is 0 Å². The molecule has 0 fully saturated rings. The molecule has 6 heteroatoms. The van der Waals surface area contributed by atoms with Crippen molar-refractivity contribution in [2.45, 2.75) is 0 Å². The summed E-state index contributed by atoms with van der Waals surface area (Å²) in [5.41, 5.74) is 0.871. The van der Waals surface area contributed by atoms with Gasteiger partial charge < -0.3 is 0 Å². The predicted octanol–water partition coefficient (Wildman–Crippen LogP) is 3.40. The first-order chi connectivity index (χ1) is 7.59. The lowest BCUT2D eigenvalue weighted by Crippen LogP contribution is -2.05. The Hall–Kier alpha value is -1.03. The van der Waals surface area contributed by atoms with Crippen molar-refractivity contribution in [1.29, 1.82) is 0 Å². The molecule has 2 rings (SSSR count). The Bertz CT molecular complexity index is 575. The summed E-state index contributed by atoms with van der Waals surface area (Å²) in [6.07, 6.45) is 0. The van der Waals surface area contributed by atoms with Crippen LogP contribution in [0.5, 0.6) is 0 Å². The van der Waals surface area contributed by atoms with Crippen molar-refractivity contribution < 1.29 is 0 Å². The monoisotopic (exact) mass is 274 g/mol. The SMILES string of the molecule is O=c1ccc(-c2ccc(Cl)c(Cl)c2Cl)n[nH]1. The Kier molecular flexibility index (Phi) is 3.19. The van der Waals surface area contributed by atoms with Crippen LogP contribution in [-0.2, 0) is 0 Å². The molecule has 0 amide bonds. The van der Waals surface area contributed by atoms with Gasteiger partial charge >= 0.3 is 0 Å². The van der Waals surface area contributed by atoms with Crippen molar-refractivity contribution >= 4 is 34.8 Å². The van der Waals surface area contributed by atoms with Gasteiger partial charge in [-0.05, 0) is 18.2 Å². The van der Waals surface area contributed by atoms with Gasteiger partial charge in [0.25, 0.3) is 5.56 Å². The van der Waals surface area contributed by atoms with Crippen molar-refractivity contribution in [3.05, 3.63) is 49.7 Å². The molecule has 0 unspecified atom stereocenters. The quantitative estimate of drug-likeness (QED) is 0.811. The fourth-order valence-corrected chi connectivity index (χ4v) is 1.85. The maximum Gasteiger partial charge on any atom is 0.264 e. The lowest BCUT2D eigenvalue weighted by Gasteiger charge is -2.05. The molecule has 1 aromatic heterocycles. The van der Waals surface area contributed by atoms with Crippen LogP contribution in [0.1, 0.15) is 0 Å². The average Bonchev–Trinajstić information content (AvgIpc) is 2.28. The number of rotatable bonds is 1. The fraction of sp³-hybridized carbons (Fsp3) is 0. The minimum atomic E-state index is -0.278. The van der Waals surface area contributed by atoms with E-state index in [0.29, 0.717) is 21.3 Å². The van der Waals surface area contributed by atoms with Crippen LogP contribution in [0.2, 0.25) is 15.1 Å². The highest BCUT2D eigenvalue weighted by Gasteiger charge is 2.11. The van der Waals surface area contributed by atoms with E-state index in [1.807, 2.05) is 0 Å². The van der Waals surface area contributed by atoms with Crippen LogP contribution in [0.4, 0.5) is 0 Å². The van der Waals surface area contributed by atoms with Crippen molar-refractivity contribution in [2.24, 2.45) is 0 Å². The highest BCUT2D eigenvalue weighted by atomic mass is 35.5. The lowest BCUT2D eigenvalue weighted by atomic mass is 10.1. The van der Waals surface area contributed by atoms with Gasteiger partial charge in [-0.15, -0.1) is 0 Å². The molecule has 1 N–H and O–H groups in total. The average molecular weight is 276 g/mol. The lowest BCUT2D eigenvalue weighted by molar-refractivity contribution is 0.995. The van der Waals surface area contributed by atoms with Crippen LogP contribution in [0.25, 0.3) is 11.3 Å². The topological polar surface area (TPSA) is 45.8 Å². The van der Waals surface area contributed by atoms with Gasteiger partial charge in [-0.1, -0.05) is 34.8 Å². The third-order valence-electron chi connectivity index (χ3n) is 1.99. The summed E-state index contributed by atoms with van der Waals surface area (Å²) in [5, 5.41) is 7.14. The first-order valence-corrected chi connectivity index (χ1v) is 5.42. The first kappa shape index (κ1) is 11.5. The molecule has 0 aliphatic carbocycles. The number of nitrogens with one attached hydrogen (secondary N) is 1. The number of halogens is 3. The molecule has 0 radical (unpaired) electrons. The smallest absolute Gasteiger partial charge is 0.264 e. The standard InChI is InChI=1S/C10H5Cl3N2O/c11-6-2-1-5(9(12)10(6)13)7-3-4-8(16)15-14-7/h1-4H,(H,15,16). The van der Waals surface area contributed by atoms with Crippen LogP contribution in [0, 0.1) is 0 Å². The highest BCUT2D eigenvalue weighted by molar-refractivity contribution is 6.49. The second kappa shape index (κ2) is 4.45. The molecule has 0 bridgehead atoms. The van der Waals surface area contributed by atoms with E-state index in [9.17, 15) is 4.79 Å². The number of hydrogen-bond acceptors (Lipinski definition) is 2. The highest BCUT2D eigenvalue weighted by Crippen LogP contribution is 2.36. The zero-order chi connectivity index (χ0) is 11.7. The van der Waals surface area contributed by atoms with E-state index in [4.69, 9.17) is 34.8 Å². The summed E-state index contributed by atoms with van der Waals surface area (Å²) in [4.78, 5) is 10.9. The van der Waals surface area contributed by atoms with Crippen LogP contribution in [-0.4, -0.2) is 10.2 Å². The first-order valence-electron chi connectivity index (χ1n) is 4.29. The summed E-state index contributed by atoms with van der Waals surface area (Å²) >= 11 is 17.7. The van der Waals surface area contributed by atoms with Crippen molar-refractivity contribution in [3.63, 3.8) is 0 Å². The Morgan fingerprint density at radius 3 is 2.38 bits per heavy atom. The molecule has 3 nitrogen and oxygen atoms in total. The third-order valence-corrected chi connectivity index (χ3v) is 3.28. The van der Waals surface area contributed by atoms with E-state index in [-0.39, 0.29) is 10.6 Å². The molecule has 0 saturated carbocycles. The number of hydrogen-bond donors (Lipinski definition) is 1.